The Balaban J connectivity index is 0.948. The van der Waals surface area contributed by atoms with Gasteiger partial charge in [0.15, 0.2) is 5.82 Å². The molecule has 0 bridgehead atoms. The number of hydrogen-bond donors (Lipinski definition) is 0. The second-order valence-corrected chi connectivity index (χ2v) is 17.6. The first-order valence-corrected chi connectivity index (χ1v) is 21.0. The first kappa shape index (κ1) is 39.0. The highest BCUT2D eigenvalue weighted by Gasteiger charge is 2.36. The molecule has 1 fully saturated rings. The van der Waals surface area contributed by atoms with E-state index >= 15 is 0 Å². The molecule has 1 amide bonds. The van der Waals surface area contributed by atoms with Gasteiger partial charge >= 0.3 is 5.97 Å². The molecular formula is C45H53F2N9O3. The Bertz CT molecular complexity index is 2380. The Morgan fingerprint density at radius 3 is 2.34 bits per heavy atom. The highest BCUT2D eigenvalue weighted by molar-refractivity contribution is 5.90. The number of benzene rings is 2. The van der Waals surface area contributed by atoms with E-state index in [0.717, 1.165) is 92.0 Å². The van der Waals surface area contributed by atoms with Crippen LogP contribution in [0.1, 0.15) is 116 Å². The molecule has 4 aliphatic rings. The van der Waals surface area contributed by atoms with Gasteiger partial charge in [0.25, 0.3) is 6.43 Å². The fourth-order valence-electron chi connectivity index (χ4n) is 9.64. The molecule has 0 radical (unpaired) electrons. The van der Waals surface area contributed by atoms with Gasteiger partial charge < -0.3 is 19.4 Å². The van der Waals surface area contributed by atoms with Crippen molar-refractivity contribution in [3.8, 4) is 11.1 Å². The third-order valence-electron chi connectivity index (χ3n) is 12.6. The topological polar surface area (TPSA) is 107 Å². The molecule has 3 aromatic heterocycles. The largest absolute Gasteiger partial charge is 0.456 e. The lowest BCUT2D eigenvalue weighted by molar-refractivity contribution is -0.129. The van der Waals surface area contributed by atoms with Crippen molar-refractivity contribution < 1.29 is 23.1 Å². The third kappa shape index (κ3) is 7.50. The number of hydrogen-bond acceptors (Lipinski definition) is 8. The number of esters is 1. The van der Waals surface area contributed by atoms with E-state index in [2.05, 4.69) is 24.3 Å². The van der Waals surface area contributed by atoms with Crippen LogP contribution in [0, 0.1) is 0 Å². The van der Waals surface area contributed by atoms with E-state index in [-0.39, 0.29) is 23.5 Å². The number of halogens is 2. The molecular weight excluding hydrogens is 753 g/mol. The molecule has 59 heavy (non-hydrogen) atoms. The first-order valence-electron chi connectivity index (χ1n) is 21.0. The molecule has 14 heteroatoms. The number of anilines is 3. The van der Waals surface area contributed by atoms with Crippen molar-refractivity contribution in [2.24, 2.45) is 7.05 Å². The number of ether oxygens (including phenoxy) is 1. The van der Waals surface area contributed by atoms with E-state index in [4.69, 9.17) is 14.9 Å². The monoisotopic (exact) mass is 805 g/mol. The zero-order chi connectivity index (χ0) is 41.2. The lowest BCUT2D eigenvalue weighted by Crippen LogP contribution is -2.36. The van der Waals surface area contributed by atoms with E-state index in [1.807, 2.05) is 62.2 Å². The maximum atomic E-state index is 14.8. The van der Waals surface area contributed by atoms with Crippen molar-refractivity contribution in [1.29, 1.82) is 0 Å². The summed E-state index contributed by atoms with van der Waals surface area (Å²) >= 11 is 0. The highest BCUT2D eigenvalue weighted by atomic mass is 19.3. The number of nitrogens with zero attached hydrogens (tertiary/aromatic N) is 9. The predicted molar refractivity (Wildman–Crippen MR) is 221 cm³/mol. The Hall–Kier alpha value is -5.53. The Labute approximate surface area is 343 Å². The van der Waals surface area contributed by atoms with Gasteiger partial charge in [0.1, 0.15) is 5.60 Å². The van der Waals surface area contributed by atoms with Gasteiger partial charge in [-0.3, -0.25) is 18.8 Å². The van der Waals surface area contributed by atoms with E-state index in [0.29, 0.717) is 48.8 Å². The number of aryl methyl sites for hydroxylation is 2. The van der Waals surface area contributed by atoms with Gasteiger partial charge in [0, 0.05) is 92.2 Å². The zero-order valence-electron chi connectivity index (χ0n) is 34.6. The summed E-state index contributed by atoms with van der Waals surface area (Å²) in [4.78, 5) is 31.6. The Morgan fingerprint density at radius 2 is 1.64 bits per heavy atom. The van der Waals surface area contributed by atoms with Crippen LogP contribution in [0.4, 0.5) is 26.0 Å². The van der Waals surface area contributed by atoms with Crippen LogP contribution in [0.25, 0.3) is 11.1 Å². The average Bonchev–Trinajstić information content (AvgIpc) is 3.96. The van der Waals surface area contributed by atoms with Gasteiger partial charge in [-0.15, -0.1) is 0 Å². The van der Waals surface area contributed by atoms with Crippen LogP contribution in [0.3, 0.4) is 0 Å². The van der Waals surface area contributed by atoms with Gasteiger partial charge in [0.05, 0.1) is 36.6 Å². The van der Waals surface area contributed by atoms with Crippen LogP contribution in [0.5, 0.6) is 0 Å². The lowest BCUT2D eigenvalue weighted by Gasteiger charge is -2.35. The number of fused-ring (bicyclic) bond motifs is 3. The summed E-state index contributed by atoms with van der Waals surface area (Å²) in [5.41, 5.74) is 8.79. The van der Waals surface area contributed by atoms with Crippen molar-refractivity contribution in [2.45, 2.75) is 110 Å². The second kappa shape index (κ2) is 15.3. The van der Waals surface area contributed by atoms with Crippen LogP contribution in [0.2, 0.25) is 0 Å². The number of carbonyl (C=O) groups excluding carboxylic acids is 2. The van der Waals surface area contributed by atoms with Crippen LogP contribution >= 0.6 is 0 Å². The Kier molecular flexibility index (Phi) is 10.1. The van der Waals surface area contributed by atoms with Gasteiger partial charge in [-0.1, -0.05) is 0 Å². The quantitative estimate of drug-likeness (QED) is 0.153. The molecule has 9 rings (SSSR count). The van der Waals surface area contributed by atoms with Crippen LogP contribution < -0.4 is 9.80 Å². The molecule has 1 saturated heterocycles. The summed E-state index contributed by atoms with van der Waals surface area (Å²) < 4.78 is 41.2. The summed E-state index contributed by atoms with van der Waals surface area (Å²) in [7, 11) is 1.79. The van der Waals surface area contributed by atoms with E-state index < -0.39 is 12.0 Å². The fourth-order valence-corrected chi connectivity index (χ4v) is 9.64. The molecule has 12 nitrogen and oxygen atoms in total. The summed E-state index contributed by atoms with van der Waals surface area (Å²) in [6.45, 7) is 10.7. The fraction of sp³-hybridized carbons (Fsp3) is 0.489. The van der Waals surface area contributed by atoms with Crippen molar-refractivity contribution in [3.05, 3.63) is 94.2 Å². The predicted octanol–water partition coefficient (Wildman–Crippen LogP) is 7.93. The second-order valence-electron chi connectivity index (χ2n) is 17.6. The summed E-state index contributed by atoms with van der Waals surface area (Å²) in [6.07, 6.45) is 9.69. The van der Waals surface area contributed by atoms with Crippen LogP contribution in [0.15, 0.2) is 55.0 Å². The Morgan fingerprint density at radius 1 is 0.864 bits per heavy atom. The molecule has 310 valence electrons. The number of carbonyl (C=O) groups is 2. The van der Waals surface area contributed by atoms with Crippen molar-refractivity contribution in [2.75, 3.05) is 36.0 Å². The van der Waals surface area contributed by atoms with E-state index in [1.54, 1.807) is 37.1 Å². The number of amides is 1. The van der Waals surface area contributed by atoms with E-state index in [1.165, 1.54) is 11.3 Å². The molecule has 5 aromatic rings. The lowest BCUT2D eigenvalue weighted by atomic mass is 9.92. The van der Waals surface area contributed by atoms with Crippen molar-refractivity contribution in [3.63, 3.8) is 0 Å². The maximum absolute atomic E-state index is 14.8. The molecule has 0 saturated carbocycles. The minimum atomic E-state index is -2.66. The standard InChI is InChI=1S/C45H53F2N9O3/c1-28(57)53-20-16-40-38(27-53)43(54-17-6-7-30-22-36(32-25-48-51(5)26-32)37(42(46)47)23-41(30)54)50-56(40)35-12-13-39-31(21-35)24-49-55(39)34-14-18-52(19-15-34)33-10-8-29(9-11-33)44(58)59-45(2,3)4/h8-11,22-26,34-35,42H,6-7,12-21,27H2,1-5H3. The number of piperidine rings is 1. The normalized spacial score (nSPS) is 18.5. The number of alkyl halides is 2. The van der Waals surface area contributed by atoms with Crippen LogP contribution in [-0.4, -0.2) is 77.9 Å². The van der Waals surface area contributed by atoms with E-state index in [9.17, 15) is 18.4 Å². The van der Waals surface area contributed by atoms with Gasteiger partial charge in [-0.25, -0.2) is 13.6 Å². The number of aromatic nitrogens is 6. The van der Waals surface area contributed by atoms with Crippen molar-refractivity contribution in [1.82, 2.24) is 34.2 Å². The molecule has 1 unspecified atom stereocenters. The van der Waals surface area contributed by atoms with Crippen LogP contribution in [-0.2, 0) is 48.8 Å². The minimum absolute atomic E-state index is 0.0150. The van der Waals surface area contributed by atoms with Gasteiger partial charge in [0.2, 0.25) is 5.91 Å². The smallest absolute Gasteiger partial charge is 0.338 e. The third-order valence-corrected chi connectivity index (χ3v) is 12.6. The maximum Gasteiger partial charge on any atom is 0.338 e. The first-order chi connectivity index (χ1) is 28.3. The molecule has 1 aliphatic carbocycles. The molecule has 0 N–H and O–H groups in total. The molecule has 2 aromatic carbocycles. The van der Waals surface area contributed by atoms with Gasteiger partial charge in [-0.2, -0.15) is 15.3 Å². The molecule has 1 atom stereocenters. The SMILES string of the molecule is CC(=O)N1CCc2c(c(N3CCCc4cc(-c5cnn(C)c5)c(C(F)F)cc43)nn2C2CCc3c(cnn3C3CCN(c4ccc(C(=O)OC(C)(C)C)cc4)CC3)C2)C1. The van der Waals surface area contributed by atoms with Crippen molar-refractivity contribution >= 4 is 29.1 Å². The summed E-state index contributed by atoms with van der Waals surface area (Å²) in [5.74, 6) is 0.482. The minimum Gasteiger partial charge on any atom is -0.456 e. The molecule has 6 heterocycles. The number of rotatable bonds is 7. The summed E-state index contributed by atoms with van der Waals surface area (Å²) in [5, 5.41) is 14.6. The summed E-state index contributed by atoms with van der Waals surface area (Å²) in [6, 6.07) is 11.7. The van der Waals surface area contributed by atoms with Gasteiger partial charge in [-0.05, 0) is 119 Å². The molecule has 3 aliphatic heterocycles. The molecule has 0 spiro atoms. The average molecular weight is 806 g/mol. The highest BCUT2D eigenvalue weighted by Crippen LogP contribution is 2.44. The zero-order valence-corrected chi connectivity index (χ0v) is 34.6.